The summed E-state index contributed by atoms with van der Waals surface area (Å²) in [6.07, 6.45) is 0. The Hall–Kier alpha value is -1.53. The Labute approximate surface area is 90.9 Å². The van der Waals surface area contributed by atoms with E-state index in [1.807, 2.05) is 25.2 Å². The molecule has 0 saturated carbocycles. The molecule has 0 heterocycles. The molecule has 0 bridgehead atoms. The van der Waals surface area contributed by atoms with Gasteiger partial charge in [-0.15, -0.1) is 0 Å². The lowest BCUT2D eigenvalue weighted by Gasteiger charge is -2.26. The van der Waals surface area contributed by atoms with E-state index in [4.69, 9.17) is 10.00 Å². The number of hydrogen-bond acceptors (Lipinski definition) is 3. The number of methoxy groups -OCH3 is 1. The predicted molar refractivity (Wildman–Crippen MR) is 60.9 cm³/mol. The highest BCUT2D eigenvalue weighted by molar-refractivity contribution is 5.51. The van der Waals surface area contributed by atoms with Gasteiger partial charge < -0.3 is 9.64 Å². The highest BCUT2D eigenvalue weighted by atomic mass is 16.5. The normalized spacial score (nSPS) is 11.9. The standard InChI is InChI=1S/C12H16N2O/c1-10(9-15-3)14(2)12-6-4-5-11(7-12)8-13/h4-7,10H,9H2,1-3H3. The fourth-order valence-corrected chi connectivity index (χ4v) is 1.40. The van der Waals surface area contributed by atoms with Crippen molar-refractivity contribution in [3.8, 4) is 6.07 Å². The minimum atomic E-state index is 0.295. The predicted octanol–water partition coefficient (Wildman–Crippen LogP) is 2.03. The van der Waals surface area contributed by atoms with E-state index in [1.165, 1.54) is 0 Å². The van der Waals surface area contributed by atoms with Gasteiger partial charge in [-0.1, -0.05) is 6.07 Å². The molecule has 0 N–H and O–H groups in total. The third kappa shape index (κ3) is 2.97. The topological polar surface area (TPSA) is 36.3 Å². The van der Waals surface area contributed by atoms with Gasteiger partial charge in [-0.2, -0.15) is 5.26 Å². The maximum Gasteiger partial charge on any atom is 0.0992 e. The van der Waals surface area contributed by atoms with E-state index < -0.39 is 0 Å². The Morgan fingerprint density at radius 2 is 2.27 bits per heavy atom. The van der Waals surface area contributed by atoms with Crippen LogP contribution in [-0.4, -0.2) is 26.8 Å². The van der Waals surface area contributed by atoms with Crippen LogP contribution >= 0.6 is 0 Å². The molecule has 0 amide bonds. The summed E-state index contributed by atoms with van der Waals surface area (Å²) in [5.74, 6) is 0. The van der Waals surface area contributed by atoms with Gasteiger partial charge in [0.1, 0.15) is 0 Å². The fraction of sp³-hybridized carbons (Fsp3) is 0.417. The Bertz CT molecular complexity index is 357. The van der Waals surface area contributed by atoms with Gasteiger partial charge in [0.25, 0.3) is 0 Å². The van der Waals surface area contributed by atoms with Crippen molar-refractivity contribution in [3.63, 3.8) is 0 Å². The van der Waals surface area contributed by atoms with Crippen LogP contribution in [0.25, 0.3) is 0 Å². The first-order valence-electron chi connectivity index (χ1n) is 4.91. The van der Waals surface area contributed by atoms with Crippen LogP contribution in [0.1, 0.15) is 12.5 Å². The van der Waals surface area contributed by atoms with E-state index >= 15 is 0 Å². The zero-order chi connectivity index (χ0) is 11.3. The lowest BCUT2D eigenvalue weighted by molar-refractivity contribution is 0.183. The molecule has 0 aliphatic heterocycles. The van der Waals surface area contributed by atoms with Crippen molar-refractivity contribution in [1.29, 1.82) is 5.26 Å². The number of nitrogens with zero attached hydrogens (tertiary/aromatic N) is 2. The van der Waals surface area contributed by atoms with Crippen molar-refractivity contribution >= 4 is 5.69 Å². The van der Waals surface area contributed by atoms with Gasteiger partial charge in [0, 0.05) is 25.9 Å². The van der Waals surface area contributed by atoms with E-state index in [2.05, 4.69) is 17.9 Å². The third-order valence-corrected chi connectivity index (χ3v) is 2.45. The Kier molecular flexibility index (Phi) is 4.14. The maximum atomic E-state index is 8.79. The van der Waals surface area contributed by atoms with Crippen LogP contribution in [0.5, 0.6) is 0 Å². The van der Waals surface area contributed by atoms with Crippen LogP contribution in [0.4, 0.5) is 5.69 Å². The van der Waals surface area contributed by atoms with Gasteiger partial charge >= 0.3 is 0 Å². The molecule has 0 spiro atoms. The summed E-state index contributed by atoms with van der Waals surface area (Å²) in [6.45, 7) is 2.76. The summed E-state index contributed by atoms with van der Waals surface area (Å²) in [7, 11) is 3.69. The molecule has 1 aromatic rings. The van der Waals surface area contributed by atoms with Gasteiger partial charge in [0.15, 0.2) is 0 Å². The van der Waals surface area contributed by atoms with E-state index in [9.17, 15) is 0 Å². The molecular formula is C12H16N2O. The number of ether oxygens (including phenoxy) is 1. The fourth-order valence-electron chi connectivity index (χ4n) is 1.40. The zero-order valence-electron chi connectivity index (χ0n) is 9.40. The molecule has 3 heteroatoms. The van der Waals surface area contributed by atoms with Crippen molar-refractivity contribution < 1.29 is 4.74 Å². The van der Waals surface area contributed by atoms with Gasteiger partial charge in [-0.3, -0.25) is 0 Å². The lowest BCUT2D eigenvalue weighted by Crippen LogP contribution is -2.32. The van der Waals surface area contributed by atoms with E-state index in [0.717, 1.165) is 5.69 Å². The number of hydrogen-bond donors (Lipinski definition) is 0. The lowest BCUT2D eigenvalue weighted by atomic mass is 10.2. The summed E-state index contributed by atoms with van der Waals surface area (Å²) in [5.41, 5.74) is 1.72. The molecule has 1 rings (SSSR count). The molecule has 1 unspecified atom stereocenters. The Balaban J connectivity index is 2.82. The van der Waals surface area contributed by atoms with Crippen LogP contribution in [-0.2, 0) is 4.74 Å². The average Bonchev–Trinajstić information content (AvgIpc) is 2.28. The number of nitriles is 1. The molecule has 1 aromatic carbocycles. The van der Waals surface area contributed by atoms with Crippen molar-refractivity contribution in [2.45, 2.75) is 13.0 Å². The first-order valence-corrected chi connectivity index (χ1v) is 4.91. The second-order valence-electron chi connectivity index (χ2n) is 3.58. The molecule has 0 radical (unpaired) electrons. The third-order valence-electron chi connectivity index (χ3n) is 2.45. The molecule has 80 valence electrons. The van der Waals surface area contributed by atoms with Crippen LogP contribution < -0.4 is 4.90 Å². The highest BCUT2D eigenvalue weighted by Gasteiger charge is 2.09. The maximum absolute atomic E-state index is 8.79. The molecule has 3 nitrogen and oxygen atoms in total. The zero-order valence-corrected chi connectivity index (χ0v) is 9.40. The SMILES string of the molecule is COCC(C)N(C)c1cccc(C#N)c1. The first-order chi connectivity index (χ1) is 7.19. The molecular weight excluding hydrogens is 188 g/mol. The van der Waals surface area contributed by atoms with Crippen LogP contribution in [0.2, 0.25) is 0 Å². The van der Waals surface area contributed by atoms with Crippen molar-refractivity contribution in [2.75, 3.05) is 25.7 Å². The van der Waals surface area contributed by atoms with Crippen LogP contribution in [0.3, 0.4) is 0 Å². The van der Waals surface area contributed by atoms with Gasteiger partial charge in [-0.05, 0) is 25.1 Å². The van der Waals surface area contributed by atoms with E-state index in [0.29, 0.717) is 18.2 Å². The summed E-state index contributed by atoms with van der Waals surface area (Å²) in [5, 5.41) is 8.79. The van der Waals surface area contributed by atoms with Gasteiger partial charge in [-0.25, -0.2) is 0 Å². The van der Waals surface area contributed by atoms with E-state index in [1.54, 1.807) is 13.2 Å². The molecule has 15 heavy (non-hydrogen) atoms. The minimum Gasteiger partial charge on any atom is -0.383 e. The molecule has 0 fully saturated rings. The highest BCUT2D eigenvalue weighted by Crippen LogP contribution is 2.16. The quantitative estimate of drug-likeness (QED) is 0.753. The molecule has 0 aliphatic rings. The molecule has 0 saturated heterocycles. The van der Waals surface area contributed by atoms with Gasteiger partial charge in [0.2, 0.25) is 0 Å². The van der Waals surface area contributed by atoms with Crippen molar-refractivity contribution in [1.82, 2.24) is 0 Å². The second kappa shape index (κ2) is 5.38. The van der Waals surface area contributed by atoms with Crippen LogP contribution in [0, 0.1) is 11.3 Å². The number of likely N-dealkylation sites (N-methyl/N-ethyl adjacent to an activating group) is 1. The van der Waals surface area contributed by atoms with Crippen molar-refractivity contribution in [2.24, 2.45) is 0 Å². The monoisotopic (exact) mass is 204 g/mol. The van der Waals surface area contributed by atoms with E-state index in [-0.39, 0.29) is 0 Å². The average molecular weight is 204 g/mol. The van der Waals surface area contributed by atoms with Crippen LogP contribution in [0.15, 0.2) is 24.3 Å². The summed E-state index contributed by atoms with van der Waals surface area (Å²) in [6, 6.07) is 10.0. The summed E-state index contributed by atoms with van der Waals surface area (Å²) < 4.78 is 5.10. The Morgan fingerprint density at radius 3 is 2.87 bits per heavy atom. The molecule has 0 aliphatic carbocycles. The van der Waals surface area contributed by atoms with Crippen molar-refractivity contribution in [3.05, 3.63) is 29.8 Å². The second-order valence-corrected chi connectivity index (χ2v) is 3.58. The van der Waals surface area contributed by atoms with Gasteiger partial charge in [0.05, 0.1) is 18.2 Å². The smallest absolute Gasteiger partial charge is 0.0992 e. The number of anilines is 1. The minimum absolute atomic E-state index is 0.295. The summed E-state index contributed by atoms with van der Waals surface area (Å²) >= 11 is 0. The largest absolute Gasteiger partial charge is 0.383 e. The number of rotatable bonds is 4. The number of benzene rings is 1. The molecule has 1 atom stereocenters. The summed E-state index contributed by atoms with van der Waals surface area (Å²) in [4.78, 5) is 2.10. The Morgan fingerprint density at radius 1 is 1.53 bits per heavy atom. The molecule has 0 aromatic heterocycles. The first kappa shape index (κ1) is 11.5.